The zero-order chi connectivity index (χ0) is 14.7. The number of ether oxygens (including phenoxy) is 2. The first-order valence-corrected chi connectivity index (χ1v) is 7.66. The van der Waals surface area contributed by atoms with Crippen molar-refractivity contribution >= 4 is 10.9 Å². The highest BCUT2D eigenvalue weighted by Gasteiger charge is 2.21. The second kappa shape index (κ2) is 6.60. The third-order valence-corrected chi connectivity index (χ3v) is 4.18. The van der Waals surface area contributed by atoms with Crippen molar-refractivity contribution in [3.8, 4) is 0 Å². The van der Waals surface area contributed by atoms with Crippen LogP contribution in [0.3, 0.4) is 0 Å². The SMILES string of the molecule is COCC[C@H]1CN(Cc2c[nH]c3ccc(C)cc23)CCO1. The lowest BCUT2D eigenvalue weighted by molar-refractivity contribution is -0.0431. The van der Waals surface area contributed by atoms with E-state index < -0.39 is 0 Å². The summed E-state index contributed by atoms with van der Waals surface area (Å²) in [6, 6.07) is 6.58. The van der Waals surface area contributed by atoms with E-state index in [4.69, 9.17) is 9.47 Å². The minimum absolute atomic E-state index is 0.297. The van der Waals surface area contributed by atoms with E-state index in [0.29, 0.717) is 6.10 Å². The average Bonchev–Trinajstić information content (AvgIpc) is 2.88. The van der Waals surface area contributed by atoms with Crippen LogP contribution in [0.4, 0.5) is 0 Å². The van der Waals surface area contributed by atoms with E-state index in [0.717, 1.165) is 39.3 Å². The zero-order valence-corrected chi connectivity index (χ0v) is 12.9. The molecule has 4 nitrogen and oxygen atoms in total. The Hall–Kier alpha value is -1.36. The molecule has 2 aromatic rings. The number of nitrogens with zero attached hydrogens (tertiary/aromatic N) is 1. The van der Waals surface area contributed by atoms with Gasteiger partial charge in [0.25, 0.3) is 0 Å². The van der Waals surface area contributed by atoms with Gasteiger partial charge in [-0.15, -0.1) is 0 Å². The summed E-state index contributed by atoms with van der Waals surface area (Å²) in [6.07, 6.45) is 3.41. The summed E-state index contributed by atoms with van der Waals surface area (Å²) in [7, 11) is 1.74. The number of aromatic amines is 1. The number of morpholine rings is 1. The summed E-state index contributed by atoms with van der Waals surface area (Å²) in [5, 5.41) is 1.34. The molecule has 1 fully saturated rings. The molecule has 0 saturated carbocycles. The summed E-state index contributed by atoms with van der Waals surface area (Å²) in [6.45, 7) is 6.70. The molecule has 4 heteroatoms. The standard InChI is InChI=1S/C17H24N2O2/c1-13-3-4-17-16(9-13)14(10-18-17)11-19-6-8-21-15(12-19)5-7-20-2/h3-4,9-10,15,18H,5-8,11-12H2,1-2H3/t15-/m0/s1. The summed E-state index contributed by atoms with van der Waals surface area (Å²) in [4.78, 5) is 5.85. The Morgan fingerprint density at radius 1 is 1.43 bits per heavy atom. The number of aromatic nitrogens is 1. The first-order valence-electron chi connectivity index (χ1n) is 7.66. The molecule has 2 heterocycles. The molecule has 0 unspecified atom stereocenters. The number of hydrogen-bond acceptors (Lipinski definition) is 3. The molecule has 21 heavy (non-hydrogen) atoms. The van der Waals surface area contributed by atoms with Crippen molar-refractivity contribution in [2.45, 2.75) is 26.0 Å². The van der Waals surface area contributed by atoms with E-state index in [1.165, 1.54) is 22.0 Å². The topological polar surface area (TPSA) is 37.5 Å². The Bertz CT molecular complexity index is 593. The number of aryl methyl sites for hydroxylation is 1. The van der Waals surface area contributed by atoms with Crippen molar-refractivity contribution < 1.29 is 9.47 Å². The number of methoxy groups -OCH3 is 1. The van der Waals surface area contributed by atoms with E-state index in [2.05, 4.69) is 41.2 Å². The van der Waals surface area contributed by atoms with Gasteiger partial charge < -0.3 is 14.5 Å². The number of hydrogen-bond donors (Lipinski definition) is 1. The third-order valence-electron chi connectivity index (χ3n) is 4.18. The van der Waals surface area contributed by atoms with Crippen molar-refractivity contribution in [3.63, 3.8) is 0 Å². The third kappa shape index (κ3) is 3.46. The quantitative estimate of drug-likeness (QED) is 0.919. The van der Waals surface area contributed by atoms with E-state index >= 15 is 0 Å². The van der Waals surface area contributed by atoms with Gasteiger partial charge in [-0.1, -0.05) is 11.6 Å². The van der Waals surface area contributed by atoms with Crippen LogP contribution in [0.15, 0.2) is 24.4 Å². The van der Waals surface area contributed by atoms with Gasteiger partial charge in [-0.05, 0) is 31.0 Å². The fraction of sp³-hybridized carbons (Fsp3) is 0.529. The molecule has 114 valence electrons. The molecule has 0 amide bonds. The van der Waals surface area contributed by atoms with E-state index in [1.807, 2.05) is 0 Å². The summed E-state index contributed by atoms with van der Waals surface area (Å²) < 4.78 is 11.0. The monoisotopic (exact) mass is 288 g/mol. The molecule has 0 aliphatic carbocycles. The largest absolute Gasteiger partial charge is 0.385 e. The molecule has 0 bridgehead atoms. The predicted octanol–water partition coefficient (Wildman–Crippen LogP) is 2.71. The second-order valence-corrected chi connectivity index (χ2v) is 5.87. The lowest BCUT2D eigenvalue weighted by atomic mass is 10.1. The fourth-order valence-corrected chi connectivity index (χ4v) is 3.01. The van der Waals surface area contributed by atoms with Gasteiger partial charge in [-0.3, -0.25) is 4.90 Å². The van der Waals surface area contributed by atoms with Crippen LogP contribution < -0.4 is 0 Å². The van der Waals surface area contributed by atoms with Crippen LogP contribution in [0.1, 0.15) is 17.5 Å². The number of H-pyrrole nitrogens is 1. The van der Waals surface area contributed by atoms with Crippen LogP contribution in [0.2, 0.25) is 0 Å². The number of fused-ring (bicyclic) bond motifs is 1. The van der Waals surface area contributed by atoms with Gasteiger partial charge in [0.2, 0.25) is 0 Å². The van der Waals surface area contributed by atoms with Gasteiger partial charge in [-0.2, -0.15) is 0 Å². The van der Waals surface area contributed by atoms with Crippen LogP contribution in [0.5, 0.6) is 0 Å². The Morgan fingerprint density at radius 3 is 3.19 bits per heavy atom. The van der Waals surface area contributed by atoms with E-state index in [1.54, 1.807) is 7.11 Å². The fourth-order valence-electron chi connectivity index (χ4n) is 3.01. The van der Waals surface area contributed by atoms with Gasteiger partial charge in [0.15, 0.2) is 0 Å². The van der Waals surface area contributed by atoms with Crippen molar-refractivity contribution in [2.24, 2.45) is 0 Å². The zero-order valence-electron chi connectivity index (χ0n) is 12.9. The maximum atomic E-state index is 5.81. The molecule has 0 radical (unpaired) electrons. The Morgan fingerprint density at radius 2 is 2.33 bits per heavy atom. The minimum atomic E-state index is 0.297. The van der Waals surface area contributed by atoms with E-state index in [-0.39, 0.29) is 0 Å². The Labute approximate surface area is 126 Å². The molecular weight excluding hydrogens is 264 g/mol. The van der Waals surface area contributed by atoms with Gasteiger partial charge in [0, 0.05) is 50.5 Å². The molecule has 1 atom stereocenters. The molecule has 1 aromatic carbocycles. The summed E-state index contributed by atoms with van der Waals surface area (Å²) in [5.74, 6) is 0. The molecule has 1 N–H and O–H groups in total. The van der Waals surface area contributed by atoms with Gasteiger partial charge in [-0.25, -0.2) is 0 Å². The predicted molar refractivity (Wildman–Crippen MR) is 84.5 cm³/mol. The number of benzene rings is 1. The molecule has 1 saturated heterocycles. The second-order valence-electron chi connectivity index (χ2n) is 5.87. The maximum absolute atomic E-state index is 5.81. The average molecular weight is 288 g/mol. The highest BCUT2D eigenvalue weighted by Crippen LogP contribution is 2.22. The molecular formula is C17H24N2O2. The first-order chi connectivity index (χ1) is 10.3. The Kier molecular flexibility index (Phi) is 4.58. The molecule has 1 aromatic heterocycles. The van der Waals surface area contributed by atoms with E-state index in [9.17, 15) is 0 Å². The van der Waals surface area contributed by atoms with Crippen LogP contribution >= 0.6 is 0 Å². The lowest BCUT2D eigenvalue weighted by Crippen LogP contribution is -2.42. The highest BCUT2D eigenvalue weighted by molar-refractivity contribution is 5.83. The van der Waals surface area contributed by atoms with Gasteiger partial charge in [0.05, 0.1) is 12.7 Å². The van der Waals surface area contributed by atoms with Crippen LogP contribution in [-0.2, 0) is 16.0 Å². The van der Waals surface area contributed by atoms with Crippen molar-refractivity contribution in [2.75, 3.05) is 33.4 Å². The Balaban J connectivity index is 1.68. The lowest BCUT2D eigenvalue weighted by Gasteiger charge is -2.32. The summed E-state index contributed by atoms with van der Waals surface area (Å²) in [5.41, 5.74) is 3.91. The van der Waals surface area contributed by atoms with Crippen molar-refractivity contribution in [3.05, 3.63) is 35.5 Å². The van der Waals surface area contributed by atoms with Crippen molar-refractivity contribution in [1.82, 2.24) is 9.88 Å². The van der Waals surface area contributed by atoms with Gasteiger partial charge in [0.1, 0.15) is 0 Å². The first kappa shape index (κ1) is 14.6. The molecule has 0 spiro atoms. The normalized spacial score (nSPS) is 20.2. The number of nitrogens with one attached hydrogen (secondary N) is 1. The molecule has 1 aliphatic rings. The summed E-state index contributed by atoms with van der Waals surface area (Å²) >= 11 is 0. The number of rotatable bonds is 5. The van der Waals surface area contributed by atoms with Crippen molar-refractivity contribution in [1.29, 1.82) is 0 Å². The van der Waals surface area contributed by atoms with Crippen LogP contribution in [-0.4, -0.2) is 49.4 Å². The van der Waals surface area contributed by atoms with Crippen LogP contribution in [0.25, 0.3) is 10.9 Å². The maximum Gasteiger partial charge on any atom is 0.0724 e. The van der Waals surface area contributed by atoms with Crippen LogP contribution in [0, 0.1) is 6.92 Å². The highest BCUT2D eigenvalue weighted by atomic mass is 16.5. The molecule has 1 aliphatic heterocycles. The minimum Gasteiger partial charge on any atom is -0.385 e. The molecule has 3 rings (SSSR count). The smallest absolute Gasteiger partial charge is 0.0724 e. The van der Waals surface area contributed by atoms with Gasteiger partial charge >= 0.3 is 0 Å².